The van der Waals surface area contributed by atoms with Crippen LogP contribution in [0.25, 0.3) is 21.1 Å². The number of nitrogens with one attached hydrogen (secondary N) is 1. The van der Waals surface area contributed by atoms with E-state index in [4.69, 9.17) is 10.5 Å². The fourth-order valence-electron chi connectivity index (χ4n) is 2.38. The van der Waals surface area contributed by atoms with Crippen LogP contribution in [0, 0.1) is 0 Å². The van der Waals surface area contributed by atoms with E-state index in [0.29, 0.717) is 29.1 Å². The third-order valence-corrected chi connectivity index (χ3v) is 4.61. The number of carbonyl (C=O) groups is 1. The van der Waals surface area contributed by atoms with Gasteiger partial charge in [0, 0.05) is 22.2 Å². The number of aromatic nitrogens is 2. The van der Waals surface area contributed by atoms with Crippen molar-refractivity contribution in [2.75, 3.05) is 19.0 Å². The van der Waals surface area contributed by atoms with Crippen LogP contribution in [-0.4, -0.2) is 40.2 Å². The van der Waals surface area contributed by atoms with Crippen molar-refractivity contribution in [2.24, 2.45) is 5.73 Å². The molecule has 1 aromatic carbocycles. The molecule has 0 saturated carbocycles. The van der Waals surface area contributed by atoms with Crippen LogP contribution in [0.4, 0.5) is 5.69 Å². The molecule has 0 bridgehead atoms. The molecule has 0 aliphatic carbocycles. The lowest BCUT2D eigenvalue weighted by Gasteiger charge is -2.20. The average Bonchev–Trinajstić information content (AvgIpc) is 2.91. The van der Waals surface area contributed by atoms with E-state index in [9.17, 15) is 9.90 Å². The van der Waals surface area contributed by atoms with Gasteiger partial charge in [0.25, 0.3) is 0 Å². The van der Waals surface area contributed by atoms with Gasteiger partial charge in [-0.1, -0.05) is 0 Å². The van der Waals surface area contributed by atoms with Gasteiger partial charge in [-0.3, -0.25) is 0 Å². The number of carboxylic acid groups (broad SMARTS) is 1. The van der Waals surface area contributed by atoms with Gasteiger partial charge in [0.1, 0.15) is 4.88 Å². The molecule has 3 aromatic rings. The standard InChI is InChI=1S/C16H18N4O3S/c1-16(2,17)7-19-13-11-9(24-14(13)15(21)22)5-4-8-12(11)18-6-10(20-8)23-3/h4-6,19H,7,17H2,1-3H3,(H,21,22). The Balaban J connectivity index is 2.26. The monoisotopic (exact) mass is 346 g/mol. The number of rotatable bonds is 5. The zero-order valence-electron chi connectivity index (χ0n) is 13.6. The van der Waals surface area contributed by atoms with Gasteiger partial charge in [0.15, 0.2) is 0 Å². The Kier molecular flexibility index (Phi) is 4.02. The Bertz CT molecular complexity index is 930. The maximum absolute atomic E-state index is 11.6. The summed E-state index contributed by atoms with van der Waals surface area (Å²) >= 11 is 1.21. The van der Waals surface area contributed by atoms with Crippen LogP contribution in [0.3, 0.4) is 0 Å². The van der Waals surface area contributed by atoms with Crippen molar-refractivity contribution in [3.63, 3.8) is 0 Å². The number of methoxy groups -OCH3 is 1. The molecule has 4 N–H and O–H groups in total. The molecule has 8 heteroatoms. The summed E-state index contributed by atoms with van der Waals surface area (Å²) in [5, 5.41) is 13.5. The number of hydrogen-bond donors (Lipinski definition) is 3. The largest absolute Gasteiger partial charge is 0.480 e. The van der Waals surface area contributed by atoms with E-state index in [1.54, 1.807) is 0 Å². The first kappa shape index (κ1) is 16.4. The molecule has 0 unspecified atom stereocenters. The van der Waals surface area contributed by atoms with Gasteiger partial charge in [-0.2, -0.15) is 0 Å². The third-order valence-electron chi connectivity index (χ3n) is 3.47. The minimum Gasteiger partial charge on any atom is -0.480 e. The summed E-state index contributed by atoms with van der Waals surface area (Å²) in [5.41, 5.74) is 7.35. The third kappa shape index (κ3) is 2.98. The van der Waals surface area contributed by atoms with Crippen molar-refractivity contribution < 1.29 is 14.6 Å². The van der Waals surface area contributed by atoms with Crippen LogP contribution in [0.15, 0.2) is 18.3 Å². The second-order valence-electron chi connectivity index (χ2n) is 6.17. The van der Waals surface area contributed by atoms with Crippen LogP contribution >= 0.6 is 11.3 Å². The topological polar surface area (TPSA) is 110 Å². The Morgan fingerprint density at radius 1 is 1.46 bits per heavy atom. The Morgan fingerprint density at radius 3 is 2.83 bits per heavy atom. The highest BCUT2D eigenvalue weighted by Gasteiger charge is 2.22. The molecule has 0 amide bonds. The molecule has 0 spiro atoms. The highest BCUT2D eigenvalue weighted by atomic mass is 32.1. The molecule has 3 rings (SSSR count). The van der Waals surface area contributed by atoms with Gasteiger partial charge in [0.05, 0.1) is 30.0 Å². The van der Waals surface area contributed by atoms with Crippen molar-refractivity contribution in [1.82, 2.24) is 9.97 Å². The second-order valence-corrected chi connectivity index (χ2v) is 7.22. The summed E-state index contributed by atoms with van der Waals surface area (Å²) in [4.78, 5) is 20.7. The van der Waals surface area contributed by atoms with Crippen LogP contribution < -0.4 is 15.8 Å². The lowest BCUT2D eigenvalue weighted by molar-refractivity contribution is 0.0703. The van der Waals surface area contributed by atoms with Gasteiger partial charge < -0.3 is 20.9 Å². The number of ether oxygens (including phenoxy) is 1. The first-order valence-electron chi connectivity index (χ1n) is 7.32. The molecule has 126 valence electrons. The summed E-state index contributed by atoms with van der Waals surface area (Å²) in [6.07, 6.45) is 1.52. The summed E-state index contributed by atoms with van der Waals surface area (Å²) in [6.45, 7) is 4.18. The fourth-order valence-corrected chi connectivity index (χ4v) is 3.41. The summed E-state index contributed by atoms with van der Waals surface area (Å²) in [6, 6.07) is 3.66. The highest BCUT2D eigenvalue weighted by molar-refractivity contribution is 7.21. The summed E-state index contributed by atoms with van der Waals surface area (Å²) in [5.74, 6) is -0.573. The predicted molar refractivity (Wildman–Crippen MR) is 95.2 cm³/mol. The Morgan fingerprint density at radius 2 is 2.21 bits per heavy atom. The number of fused-ring (bicyclic) bond motifs is 3. The average molecular weight is 346 g/mol. The van der Waals surface area contributed by atoms with E-state index in [0.717, 1.165) is 10.1 Å². The first-order valence-corrected chi connectivity index (χ1v) is 8.14. The van der Waals surface area contributed by atoms with Gasteiger partial charge in [-0.15, -0.1) is 11.3 Å². The van der Waals surface area contributed by atoms with Crippen LogP contribution in [0.1, 0.15) is 23.5 Å². The van der Waals surface area contributed by atoms with Crippen LogP contribution in [0.2, 0.25) is 0 Å². The number of nitrogens with two attached hydrogens (primary N) is 1. The number of carboxylic acids is 1. The van der Waals surface area contributed by atoms with Crippen molar-refractivity contribution >= 4 is 44.1 Å². The van der Waals surface area contributed by atoms with Gasteiger partial charge >= 0.3 is 5.97 Å². The van der Waals surface area contributed by atoms with E-state index in [1.165, 1.54) is 24.6 Å². The van der Waals surface area contributed by atoms with Crippen molar-refractivity contribution in [3.8, 4) is 5.88 Å². The highest BCUT2D eigenvalue weighted by Crippen LogP contribution is 2.39. The molecule has 0 saturated heterocycles. The Labute approximate surface area is 142 Å². The number of benzene rings is 1. The maximum Gasteiger partial charge on any atom is 0.348 e. The molecule has 24 heavy (non-hydrogen) atoms. The quantitative estimate of drug-likeness (QED) is 0.651. The van der Waals surface area contributed by atoms with Gasteiger partial charge in [0.2, 0.25) is 5.88 Å². The van der Waals surface area contributed by atoms with Gasteiger partial charge in [-0.05, 0) is 26.0 Å². The smallest absolute Gasteiger partial charge is 0.348 e. The molecule has 0 radical (unpaired) electrons. The van der Waals surface area contributed by atoms with Crippen molar-refractivity contribution in [2.45, 2.75) is 19.4 Å². The van der Waals surface area contributed by atoms with E-state index < -0.39 is 11.5 Å². The summed E-state index contributed by atoms with van der Waals surface area (Å²) < 4.78 is 5.93. The number of thiophene rings is 1. The number of aromatic carboxylic acids is 1. The predicted octanol–water partition coefficient (Wildman–Crippen LogP) is 2.70. The molecular weight excluding hydrogens is 328 g/mol. The van der Waals surface area contributed by atoms with E-state index >= 15 is 0 Å². The molecule has 2 heterocycles. The molecule has 7 nitrogen and oxygen atoms in total. The van der Waals surface area contributed by atoms with Crippen molar-refractivity contribution in [3.05, 3.63) is 23.2 Å². The Hall–Kier alpha value is -2.45. The number of anilines is 1. The fraction of sp³-hybridized carbons (Fsp3) is 0.312. The molecule has 2 aromatic heterocycles. The SMILES string of the molecule is COc1cnc2c(ccc3sc(C(=O)O)c(NCC(C)(C)N)c32)n1. The van der Waals surface area contributed by atoms with Crippen LogP contribution in [0.5, 0.6) is 5.88 Å². The first-order chi connectivity index (χ1) is 11.3. The van der Waals surface area contributed by atoms with E-state index in [2.05, 4.69) is 15.3 Å². The van der Waals surface area contributed by atoms with Gasteiger partial charge in [-0.25, -0.2) is 14.8 Å². The normalized spacial score (nSPS) is 11.8. The number of hydrogen-bond acceptors (Lipinski definition) is 7. The minimum atomic E-state index is -0.983. The second kappa shape index (κ2) is 5.88. The molecule has 0 aliphatic rings. The van der Waals surface area contributed by atoms with Crippen molar-refractivity contribution in [1.29, 1.82) is 0 Å². The maximum atomic E-state index is 11.6. The lowest BCUT2D eigenvalue weighted by atomic mass is 10.1. The zero-order chi connectivity index (χ0) is 17.5. The molecular formula is C16H18N4O3S. The minimum absolute atomic E-state index is 0.236. The zero-order valence-corrected chi connectivity index (χ0v) is 14.4. The molecule has 0 atom stereocenters. The van der Waals surface area contributed by atoms with Crippen LogP contribution in [-0.2, 0) is 0 Å². The summed E-state index contributed by atoms with van der Waals surface area (Å²) in [7, 11) is 1.53. The number of nitrogens with zero attached hydrogens (tertiary/aromatic N) is 2. The molecule has 0 aliphatic heterocycles. The van der Waals surface area contributed by atoms with E-state index in [-0.39, 0.29) is 4.88 Å². The molecule has 0 fully saturated rings. The van der Waals surface area contributed by atoms with E-state index in [1.807, 2.05) is 26.0 Å². The lowest BCUT2D eigenvalue weighted by Crippen LogP contribution is -2.39.